The maximum atomic E-state index is 14.2. The van der Waals surface area contributed by atoms with Crippen LogP contribution in [0.2, 0.25) is 0 Å². The van der Waals surface area contributed by atoms with Crippen LogP contribution in [0.4, 0.5) is 0 Å². The SMILES string of the molecule is C=CCN(C)C(=O)[C@@H]1[C@H]2C(=O)N(CCCCO)C(C(=O)N(CC=C)Cc3ccccc3)C23CC[C@H]1O3. The number of hydrogen-bond donors (Lipinski definition) is 1. The topological polar surface area (TPSA) is 90.4 Å². The van der Waals surface area contributed by atoms with Gasteiger partial charge in [-0.05, 0) is 31.2 Å². The van der Waals surface area contributed by atoms with Crippen molar-refractivity contribution in [3.8, 4) is 0 Å². The first kappa shape index (κ1) is 26.1. The van der Waals surface area contributed by atoms with Gasteiger partial charge in [-0.25, -0.2) is 0 Å². The van der Waals surface area contributed by atoms with Gasteiger partial charge in [0.1, 0.15) is 11.6 Å². The van der Waals surface area contributed by atoms with Gasteiger partial charge in [-0.15, -0.1) is 13.2 Å². The Bertz CT molecular complexity index is 998. The lowest BCUT2D eigenvalue weighted by Gasteiger charge is -2.37. The number of carbonyl (C=O) groups is 3. The zero-order chi connectivity index (χ0) is 25.9. The summed E-state index contributed by atoms with van der Waals surface area (Å²) in [6.07, 6.45) is 5.24. The Hall–Kier alpha value is -2.97. The van der Waals surface area contributed by atoms with Crippen LogP contribution in [-0.4, -0.2) is 88.6 Å². The normalized spacial score (nSPS) is 28.2. The number of likely N-dealkylation sites (tertiary alicyclic amines) is 1. The first-order chi connectivity index (χ1) is 17.4. The minimum absolute atomic E-state index is 0.0118. The molecule has 3 fully saturated rings. The first-order valence-corrected chi connectivity index (χ1v) is 12.8. The largest absolute Gasteiger partial charge is 0.396 e. The average Bonchev–Trinajstić information content (AvgIpc) is 3.51. The fourth-order valence-corrected chi connectivity index (χ4v) is 6.25. The van der Waals surface area contributed by atoms with Crippen LogP contribution in [0.1, 0.15) is 31.2 Å². The highest BCUT2D eigenvalue weighted by molar-refractivity contribution is 5.99. The highest BCUT2D eigenvalue weighted by Gasteiger charge is 2.74. The van der Waals surface area contributed by atoms with Crippen molar-refractivity contribution in [1.29, 1.82) is 0 Å². The number of rotatable bonds is 12. The molecule has 1 spiro atoms. The lowest BCUT2D eigenvalue weighted by atomic mass is 9.70. The number of ether oxygens (including phenoxy) is 1. The van der Waals surface area contributed by atoms with Crippen molar-refractivity contribution in [2.75, 3.05) is 33.3 Å². The fraction of sp³-hybridized carbons (Fsp3) is 0.536. The molecule has 3 heterocycles. The molecule has 1 N–H and O–H groups in total. The monoisotopic (exact) mass is 495 g/mol. The van der Waals surface area contributed by atoms with Crippen molar-refractivity contribution in [2.24, 2.45) is 11.8 Å². The molecule has 36 heavy (non-hydrogen) atoms. The van der Waals surface area contributed by atoms with E-state index in [1.807, 2.05) is 30.3 Å². The van der Waals surface area contributed by atoms with Crippen LogP contribution in [0.5, 0.6) is 0 Å². The molecule has 4 rings (SSSR count). The molecule has 0 aliphatic carbocycles. The molecule has 8 nitrogen and oxygen atoms in total. The molecule has 8 heteroatoms. The highest BCUT2D eigenvalue weighted by Crippen LogP contribution is 2.59. The van der Waals surface area contributed by atoms with E-state index in [2.05, 4.69) is 13.2 Å². The second kappa shape index (κ2) is 11.0. The lowest BCUT2D eigenvalue weighted by Crippen LogP contribution is -2.56. The summed E-state index contributed by atoms with van der Waals surface area (Å²) in [4.78, 5) is 46.5. The number of carbonyl (C=O) groups excluding carboxylic acids is 3. The van der Waals surface area contributed by atoms with Crippen LogP contribution in [0.25, 0.3) is 0 Å². The van der Waals surface area contributed by atoms with Crippen LogP contribution in [0, 0.1) is 11.8 Å². The van der Waals surface area contributed by atoms with Crippen molar-refractivity contribution in [3.63, 3.8) is 0 Å². The second-order valence-corrected chi connectivity index (χ2v) is 10.0. The third-order valence-corrected chi connectivity index (χ3v) is 7.78. The van der Waals surface area contributed by atoms with Crippen LogP contribution in [0.3, 0.4) is 0 Å². The van der Waals surface area contributed by atoms with Gasteiger partial charge in [-0.2, -0.15) is 0 Å². The van der Waals surface area contributed by atoms with Crippen molar-refractivity contribution in [1.82, 2.24) is 14.7 Å². The number of aliphatic hydroxyl groups is 1. The van der Waals surface area contributed by atoms with Gasteiger partial charge in [-0.3, -0.25) is 14.4 Å². The lowest BCUT2D eigenvalue weighted by molar-refractivity contribution is -0.149. The number of fused-ring (bicyclic) bond motifs is 1. The standard InChI is InChI=1S/C28H37N3O5/c1-4-15-29(3)25(33)22-21-13-14-28(36-21)23(22)26(34)31(17-9-10-18-32)24(28)27(35)30(16-5-2)19-20-11-7-6-8-12-20/h4-8,11-12,21-24,32H,1-2,9-10,13-19H2,3H3/t21-,22+,23+,24?,28?/m1/s1. The molecule has 2 bridgehead atoms. The molecule has 1 aromatic rings. The van der Waals surface area contributed by atoms with Crippen molar-refractivity contribution in [3.05, 3.63) is 61.2 Å². The Balaban J connectivity index is 1.69. The summed E-state index contributed by atoms with van der Waals surface area (Å²) in [6.45, 7) is 8.99. The van der Waals surface area contributed by atoms with E-state index < -0.39 is 23.5 Å². The molecule has 3 aliphatic rings. The quantitative estimate of drug-likeness (QED) is 0.354. The summed E-state index contributed by atoms with van der Waals surface area (Å²) in [5.41, 5.74) is -0.0441. The van der Waals surface area contributed by atoms with Gasteiger partial charge >= 0.3 is 0 Å². The predicted molar refractivity (Wildman–Crippen MR) is 136 cm³/mol. The number of nitrogens with zero attached hydrogens (tertiary/aromatic N) is 3. The molecule has 0 saturated carbocycles. The van der Waals surface area contributed by atoms with E-state index >= 15 is 0 Å². The molecule has 5 atom stereocenters. The van der Waals surface area contributed by atoms with Gasteiger partial charge in [0.2, 0.25) is 17.7 Å². The van der Waals surface area contributed by atoms with E-state index in [0.29, 0.717) is 51.9 Å². The van der Waals surface area contributed by atoms with E-state index in [9.17, 15) is 19.5 Å². The molecule has 0 aromatic heterocycles. The number of amides is 3. The van der Waals surface area contributed by atoms with Crippen molar-refractivity contribution < 1.29 is 24.2 Å². The van der Waals surface area contributed by atoms with E-state index in [-0.39, 0.29) is 30.4 Å². The van der Waals surface area contributed by atoms with Crippen LogP contribution in [-0.2, 0) is 25.7 Å². The zero-order valence-electron chi connectivity index (χ0n) is 21.1. The number of aliphatic hydroxyl groups excluding tert-OH is 1. The Morgan fingerprint density at radius 2 is 1.89 bits per heavy atom. The van der Waals surface area contributed by atoms with Crippen LogP contribution in [0.15, 0.2) is 55.6 Å². The molecular formula is C28H37N3O5. The smallest absolute Gasteiger partial charge is 0.248 e. The van der Waals surface area contributed by atoms with Gasteiger partial charge in [0.05, 0.1) is 17.9 Å². The fourth-order valence-electron chi connectivity index (χ4n) is 6.25. The molecule has 194 valence electrons. The van der Waals surface area contributed by atoms with Gasteiger partial charge in [0, 0.05) is 39.8 Å². The molecule has 1 aromatic carbocycles. The Labute approximate surface area is 213 Å². The number of hydrogen-bond acceptors (Lipinski definition) is 5. The van der Waals surface area contributed by atoms with Crippen LogP contribution < -0.4 is 0 Å². The maximum absolute atomic E-state index is 14.2. The number of benzene rings is 1. The molecule has 3 aliphatic heterocycles. The predicted octanol–water partition coefficient (Wildman–Crippen LogP) is 1.99. The van der Waals surface area contributed by atoms with Gasteiger partial charge in [0.15, 0.2) is 0 Å². The summed E-state index contributed by atoms with van der Waals surface area (Å²) in [5, 5.41) is 9.32. The van der Waals surface area contributed by atoms with Gasteiger partial charge < -0.3 is 24.5 Å². The molecule has 3 amide bonds. The summed E-state index contributed by atoms with van der Waals surface area (Å²) in [7, 11) is 1.70. The number of unbranched alkanes of at least 4 members (excludes halogenated alkanes) is 1. The molecule has 0 radical (unpaired) electrons. The third-order valence-electron chi connectivity index (χ3n) is 7.78. The van der Waals surface area contributed by atoms with Gasteiger partial charge in [-0.1, -0.05) is 42.5 Å². The van der Waals surface area contributed by atoms with E-state index in [1.165, 1.54) is 0 Å². The van der Waals surface area contributed by atoms with Crippen molar-refractivity contribution >= 4 is 17.7 Å². The highest BCUT2D eigenvalue weighted by atomic mass is 16.5. The third kappa shape index (κ3) is 4.48. The summed E-state index contributed by atoms with van der Waals surface area (Å²) >= 11 is 0. The van der Waals surface area contributed by atoms with E-state index in [0.717, 1.165) is 5.56 Å². The van der Waals surface area contributed by atoms with Crippen molar-refractivity contribution in [2.45, 2.75) is 50.0 Å². The molecular weight excluding hydrogens is 458 g/mol. The Morgan fingerprint density at radius 1 is 1.17 bits per heavy atom. The van der Waals surface area contributed by atoms with E-state index in [4.69, 9.17) is 4.74 Å². The molecule has 2 unspecified atom stereocenters. The second-order valence-electron chi connectivity index (χ2n) is 10.0. The number of likely N-dealkylation sites (N-methyl/N-ethyl adjacent to an activating group) is 1. The Kier molecular flexibility index (Phi) is 7.95. The minimum atomic E-state index is -1.02. The summed E-state index contributed by atoms with van der Waals surface area (Å²) < 4.78 is 6.51. The summed E-state index contributed by atoms with van der Waals surface area (Å²) in [5.74, 6) is -1.84. The minimum Gasteiger partial charge on any atom is -0.396 e. The molecule has 3 saturated heterocycles. The zero-order valence-corrected chi connectivity index (χ0v) is 21.1. The average molecular weight is 496 g/mol. The van der Waals surface area contributed by atoms with Gasteiger partial charge in [0.25, 0.3) is 0 Å². The Morgan fingerprint density at radius 3 is 2.56 bits per heavy atom. The first-order valence-electron chi connectivity index (χ1n) is 12.8. The maximum Gasteiger partial charge on any atom is 0.248 e. The van der Waals surface area contributed by atoms with Crippen LogP contribution >= 0.6 is 0 Å². The van der Waals surface area contributed by atoms with E-state index in [1.54, 1.807) is 33.9 Å². The summed E-state index contributed by atoms with van der Waals surface area (Å²) in [6, 6.07) is 8.90.